The molecule has 6 heteroatoms. The van der Waals surface area contributed by atoms with Crippen molar-refractivity contribution in [2.75, 3.05) is 13.1 Å². The maximum Gasteiger partial charge on any atom is 0.265 e. The second kappa shape index (κ2) is 5.33. The molecule has 2 N–H and O–H groups in total. The topological polar surface area (TPSA) is 59.2 Å². The van der Waals surface area contributed by atoms with E-state index in [-0.39, 0.29) is 24.4 Å². The van der Waals surface area contributed by atoms with Crippen molar-refractivity contribution in [1.82, 2.24) is 9.88 Å². The zero-order valence-electron chi connectivity index (χ0n) is 10.3. The van der Waals surface area contributed by atoms with Crippen molar-refractivity contribution >= 4 is 29.7 Å². The monoisotopic (exact) mass is 275 g/mol. The van der Waals surface area contributed by atoms with Crippen LogP contribution in [0.3, 0.4) is 0 Å². The van der Waals surface area contributed by atoms with Crippen LogP contribution in [0.1, 0.15) is 27.3 Å². The van der Waals surface area contributed by atoms with Crippen LogP contribution in [-0.4, -0.2) is 34.9 Å². The highest BCUT2D eigenvalue weighted by atomic mass is 35.5. The van der Waals surface area contributed by atoms with Crippen LogP contribution in [0.4, 0.5) is 0 Å². The average molecular weight is 276 g/mol. The van der Waals surface area contributed by atoms with Crippen LogP contribution in [0.15, 0.2) is 0 Å². The minimum Gasteiger partial charge on any atom is -0.336 e. The fourth-order valence-electron chi connectivity index (χ4n) is 2.03. The number of carbonyl (C=O) groups is 1. The highest BCUT2D eigenvalue weighted by molar-refractivity contribution is 7.13. The Balaban J connectivity index is 0.00000144. The van der Waals surface area contributed by atoms with Gasteiger partial charge in [-0.15, -0.1) is 23.7 Å². The second-order valence-electron chi connectivity index (χ2n) is 4.50. The first-order valence-corrected chi connectivity index (χ1v) is 6.29. The SMILES string of the molecule is Cc1nc(C)c(C(=O)N2CC(C)C(N)C2)s1.Cl. The normalized spacial score (nSPS) is 23.6. The Morgan fingerprint density at radius 1 is 1.47 bits per heavy atom. The molecule has 1 aromatic heterocycles. The Bertz CT molecular complexity index is 411. The van der Waals surface area contributed by atoms with Gasteiger partial charge in [-0.3, -0.25) is 4.79 Å². The van der Waals surface area contributed by atoms with Crippen LogP contribution in [0.2, 0.25) is 0 Å². The van der Waals surface area contributed by atoms with E-state index in [0.717, 1.165) is 22.1 Å². The third-order valence-electron chi connectivity index (χ3n) is 3.06. The Kier molecular flexibility index (Phi) is 4.52. The molecule has 1 aliphatic rings. The Morgan fingerprint density at radius 2 is 2.12 bits per heavy atom. The van der Waals surface area contributed by atoms with Crippen LogP contribution >= 0.6 is 23.7 Å². The molecule has 2 rings (SSSR count). The maximum atomic E-state index is 12.2. The molecule has 96 valence electrons. The van der Waals surface area contributed by atoms with Crippen LogP contribution in [-0.2, 0) is 0 Å². The highest BCUT2D eigenvalue weighted by Gasteiger charge is 2.31. The minimum absolute atomic E-state index is 0. The predicted molar refractivity (Wildman–Crippen MR) is 71.9 cm³/mol. The number of rotatable bonds is 1. The molecular weight excluding hydrogens is 258 g/mol. The maximum absolute atomic E-state index is 12.2. The number of aryl methyl sites for hydroxylation is 2. The summed E-state index contributed by atoms with van der Waals surface area (Å²) in [4.78, 5) is 19.1. The number of hydrogen-bond donors (Lipinski definition) is 1. The van der Waals surface area contributed by atoms with E-state index in [1.807, 2.05) is 18.7 Å². The summed E-state index contributed by atoms with van der Waals surface area (Å²) in [5.41, 5.74) is 6.76. The molecule has 0 spiro atoms. The number of amides is 1. The zero-order valence-corrected chi connectivity index (χ0v) is 11.9. The van der Waals surface area contributed by atoms with Gasteiger partial charge in [0, 0.05) is 19.1 Å². The number of halogens is 1. The van der Waals surface area contributed by atoms with Gasteiger partial charge < -0.3 is 10.6 Å². The van der Waals surface area contributed by atoms with Gasteiger partial charge in [0.1, 0.15) is 4.88 Å². The molecular formula is C11H18ClN3OS. The standard InChI is InChI=1S/C11H17N3OS.ClH/c1-6-4-14(5-9(6)12)11(15)10-7(2)13-8(3)16-10;/h6,9H,4-5,12H2,1-3H3;1H. The van der Waals surface area contributed by atoms with E-state index in [4.69, 9.17) is 5.73 Å². The number of hydrogen-bond acceptors (Lipinski definition) is 4. The molecule has 0 saturated carbocycles. The summed E-state index contributed by atoms with van der Waals surface area (Å²) < 4.78 is 0. The first-order valence-electron chi connectivity index (χ1n) is 5.48. The van der Waals surface area contributed by atoms with E-state index < -0.39 is 0 Å². The zero-order chi connectivity index (χ0) is 11.9. The van der Waals surface area contributed by atoms with Crippen molar-refractivity contribution in [3.63, 3.8) is 0 Å². The number of nitrogens with zero attached hydrogens (tertiary/aromatic N) is 2. The van der Waals surface area contributed by atoms with E-state index in [1.165, 1.54) is 11.3 Å². The lowest BCUT2D eigenvalue weighted by molar-refractivity contribution is 0.0790. The first kappa shape index (κ1) is 14.4. The molecule has 2 atom stereocenters. The molecule has 1 aromatic rings. The summed E-state index contributed by atoms with van der Waals surface area (Å²) in [6, 6.07) is 0.110. The molecule has 2 unspecified atom stereocenters. The molecule has 0 aromatic carbocycles. The van der Waals surface area contributed by atoms with Crippen LogP contribution in [0, 0.1) is 19.8 Å². The van der Waals surface area contributed by atoms with E-state index >= 15 is 0 Å². The molecule has 1 fully saturated rings. The van der Waals surface area contributed by atoms with Gasteiger partial charge in [-0.2, -0.15) is 0 Å². The van der Waals surface area contributed by atoms with Gasteiger partial charge in [-0.1, -0.05) is 6.92 Å². The minimum atomic E-state index is 0. The van der Waals surface area contributed by atoms with Crippen molar-refractivity contribution in [2.24, 2.45) is 11.7 Å². The van der Waals surface area contributed by atoms with Crippen molar-refractivity contribution in [3.05, 3.63) is 15.6 Å². The van der Waals surface area contributed by atoms with E-state index in [2.05, 4.69) is 11.9 Å². The number of thiazole rings is 1. The summed E-state index contributed by atoms with van der Waals surface area (Å²) in [6.07, 6.45) is 0. The van der Waals surface area contributed by atoms with Gasteiger partial charge in [0.2, 0.25) is 0 Å². The lowest BCUT2D eigenvalue weighted by atomic mass is 10.1. The smallest absolute Gasteiger partial charge is 0.265 e. The number of likely N-dealkylation sites (tertiary alicyclic amines) is 1. The van der Waals surface area contributed by atoms with E-state index in [9.17, 15) is 4.79 Å². The number of aromatic nitrogens is 1. The summed E-state index contributed by atoms with van der Waals surface area (Å²) >= 11 is 1.47. The van der Waals surface area contributed by atoms with Crippen LogP contribution < -0.4 is 5.73 Å². The van der Waals surface area contributed by atoms with Crippen LogP contribution in [0.25, 0.3) is 0 Å². The van der Waals surface area contributed by atoms with E-state index in [0.29, 0.717) is 12.5 Å². The molecule has 2 heterocycles. The third-order valence-corrected chi connectivity index (χ3v) is 4.12. The van der Waals surface area contributed by atoms with Gasteiger partial charge in [-0.25, -0.2) is 4.98 Å². The van der Waals surface area contributed by atoms with Gasteiger partial charge >= 0.3 is 0 Å². The molecule has 0 bridgehead atoms. The summed E-state index contributed by atoms with van der Waals surface area (Å²) in [5, 5.41) is 0.942. The molecule has 0 aliphatic carbocycles. The van der Waals surface area contributed by atoms with E-state index in [1.54, 1.807) is 0 Å². The van der Waals surface area contributed by atoms with Crippen LogP contribution in [0.5, 0.6) is 0 Å². The van der Waals surface area contributed by atoms with Crippen molar-refractivity contribution in [1.29, 1.82) is 0 Å². The third kappa shape index (κ3) is 2.78. The van der Waals surface area contributed by atoms with Crippen molar-refractivity contribution < 1.29 is 4.79 Å². The van der Waals surface area contributed by atoms with Gasteiger partial charge in [-0.05, 0) is 19.8 Å². The second-order valence-corrected chi connectivity index (χ2v) is 5.70. The average Bonchev–Trinajstić information content (AvgIpc) is 2.70. The molecule has 1 amide bonds. The predicted octanol–water partition coefficient (Wildman–Crippen LogP) is 1.60. The van der Waals surface area contributed by atoms with Gasteiger partial charge in [0.15, 0.2) is 0 Å². The molecule has 1 aliphatic heterocycles. The molecule has 17 heavy (non-hydrogen) atoms. The lowest BCUT2D eigenvalue weighted by Gasteiger charge is -2.14. The largest absolute Gasteiger partial charge is 0.336 e. The summed E-state index contributed by atoms with van der Waals surface area (Å²) in [5.74, 6) is 0.473. The fraction of sp³-hybridized carbons (Fsp3) is 0.636. The van der Waals surface area contributed by atoms with Gasteiger partial charge in [0.25, 0.3) is 5.91 Å². The Labute approximate surface area is 112 Å². The highest BCUT2D eigenvalue weighted by Crippen LogP contribution is 2.23. The number of nitrogens with two attached hydrogens (primary N) is 1. The lowest BCUT2D eigenvalue weighted by Crippen LogP contribution is -2.32. The Hall–Kier alpha value is -0.650. The molecule has 1 saturated heterocycles. The van der Waals surface area contributed by atoms with Crippen molar-refractivity contribution in [3.8, 4) is 0 Å². The molecule has 0 radical (unpaired) electrons. The molecule has 4 nitrogen and oxygen atoms in total. The summed E-state index contributed by atoms with van der Waals surface area (Å²) in [7, 11) is 0. The van der Waals surface area contributed by atoms with Crippen molar-refractivity contribution in [2.45, 2.75) is 26.8 Å². The quantitative estimate of drug-likeness (QED) is 0.847. The Morgan fingerprint density at radius 3 is 2.53 bits per heavy atom. The fourth-order valence-corrected chi connectivity index (χ4v) is 2.92. The first-order chi connectivity index (χ1) is 7.49. The van der Waals surface area contributed by atoms with Gasteiger partial charge in [0.05, 0.1) is 10.7 Å². The summed E-state index contributed by atoms with van der Waals surface area (Å²) in [6.45, 7) is 7.32. The number of carbonyl (C=O) groups excluding carboxylic acids is 1.